The molecule has 2 aliphatic rings. The molecule has 1 saturated heterocycles. The van der Waals surface area contributed by atoms with Gasteiger partial charge in [-0.1, -0.05) is 17.7 Å². The quantitative estimate of drug-likeness (QED) is 0.770. The maximum absolute atomic E-state index is 13.2. The zero-order valence-corrected chi connectivity index (χ0v) is 18.6. The van der Waals surface area contributed by atoms with Crippen molar-refractivity contribution in [2.75, 3.05) is 18.4 Å². The molecule has 2 aromatic carbocycles. The van der Waals surface area contributed by atoms with Gasteiger partial charge in [0.1, 0.15) is 4.90 Å². The summed E-state index contributed by atoms with van der Waals surface area (Å²) in [5.74, 6) is -0.371. The van der Waals surface area contributed by atoms with Crippen LogP contribution in [0.3, 0.4) is 0 Å². The number of sulfonamides is 1. The lowest BCUT2D eigenvalue weighted by Gasteiger charge is -2.34. The molecular formula is C22H25ClN2O4S. The second kappa shape index (κ2) is 8.30. The van der Waals surface area contributed by atoms with E-state index in [1.165, 1.54) is 33.6 Å². The Balaban J connectivity index is 1.59. The molecule has 1 amide bonds. The van der Waals surface area contributed by atoms with Crippen LogP contribution in [0.4, 0.5) is 5.69 Å². The number of carbonyl (C=O) groups excluding carboxylic acids is 1. The molecule has 2 atom stereocenters. The first-order valence-corrected chi connectivity index (χ1v) is 11.9. The van der Waals surface area contributed by atoms with E-state index >= 15 is 0 Å². The Morgan fingerprint density at radius 2 is 1.77 bits per heavy atom. The normalized spacial score (nSPS) is 22.0. The van der Waals surface area contributed by atoms with E-state index in [1.54, 1.807) is 0 Å². The maximum atomic E-state index is 13.2. The highest BCUT2D eigenvalue weighted by molar-refractivity contribution is 7.89. The van der Waals surface area contributed by atoms with Gasteiger partial charge < -0.3 is 10.1 Å². The number of fused-ring (bicyclic) bond motifs is 1. The third-order valence-electron chi connectivity index (χ3n) is 5.55. The molecule has 30 heavy (non-hydrogen) atoms. The van der Waals surface area contributed by atoms with Crippen LogP contribution in [0.25, 0.3) is 0 Å². The fraction of sp³-hybridized carbons (Fsp3) is 0.409. The van der Waals surface area contributed by atoms with Crippen LogP contribution < -0.4 is 5.32 Å². The smallest absolute Gasteiger partial charge is 0.255 e. The average Bonchev–Trinajstić information content (AvgIpc) is 3.15. The summed E-state index contributed by atoms with van der Waals surface area (Å²) in [6.45, 7) is 4.16. The third-order valence-corrected chi connectivity index (χ3v) is 7.87. The molecule has 1 heterocycles. The number of hydrogen-bond acceptors (Lipinski definition) is 4. The van der Waals surface area contributed by atoms with Crippen LogP contribution in [-0.4, -0.2) is 43.9 Å². The van der Waals surface area contributed by atoms with E-state index in [0.717, 1.165) is 19.3 Å². The lowest BCUT2D eigenvalue weighted by Crippen LogP contribution is -2.48. The number of carbonyl (C=O) groups is 1. The van der Waals surface area contributed by atoms with Gasteiger partial charge in [-0.15, -0.1) is 0 Å². The topological polar surface area (TPSA) is 75.7 Å². The SMILES string of the molecule is C[C@H]1CN(S(=O)(=O)c2cc(C(=O)Nc3ccc4c(c3)CCC4)ccc2Cl)C[C@H](C)O1. The van der Waals surface area contributed by atoms with E-state index in [2.05, 4.69) is 5.32 Å². The van der Waals surface area contributed by atoms with Crippen molar-refractivity contribution in [3.05, 3.63) is 58.1 Å². The number of morpholine rings is 1. The summed E-state index contributed by atoms with van der Waals surface area (Å²) in [7, 11) is -3.85. The van der Waals surface area contributed by atoms with Crippen LogP contribution in [0.1, 0.15) is 41.8 Å². The van der Waals surface area contributed by atoms with Gasteiger partial charge >= 0.3 is 0 Å². The molecule has 2 aromatic rings. The lowest BCUT2D eigenvalue weighted by atomic mass is 10.1. The largest absolute Gasteiger partial charge is 0.373 e. The number of anilines is 1. The molecule has 8 heteroatoms. The minimum absolute atomic E-state index is 0.0629. The summed E-state index contributed by atoms with van der Waals surface area (Å²) in [6, 6.07) is 10.3. The number of rotatable bonds is 4. The van der Waals surface area contributed by atoms with E-state index < -0.39 is 10.0 Å². The second-order valence-electron chi connectivity index (χ2n) is 8.02. The van der Waals surface area contributed by atoms with Crippen molar-refractivity contribution in [2.24, 2.45) is 0 Å². The minimum Gasteiger partial charge on any atom is -0.373 e. The van der Waals surface area contributed by atoms with Gasteiger partial charge in [0.2, 0.25) is 10.0 Å². The Morgan fingerprint density at radius 3 is 2.50 bits per heavy atom. The monoisotopic (exact) mass is 448 g/mol. The second-order valence-corrected chi connectivity index (χ2v) is 10.3. The Hall–Kier alpha value is -1.93. The number of halogens is 1. The van der Waals surface area contributed by atoms with Gasteiger partial charge in [0.25, 0.3) is 5.91 Å². The molecule has 1 aliphatic heterocycles. The average molecular weight is 449 g/mol. The summed E-state index contributed by atoms with van der Waals surface area (Å²) in [6.07, 6.45) is 2.78. The van der Waals surface area contributed by atoms with E-state index in [0.29, 0.717) is 5.69 Å². The molecular weight excluding hydrogens is 424 g/mol. The van der Waals surface area contributed by atoms with Crippen molar-refractivity contribution in [1.29, 1.82) is 0 Å². The number of nitrogens with one attached hydrogen (secondary N) is 1. The van der Waals surface area contributed by atoms with Gasteiger partial charge in [0.05, 0.1) is 17.2 Å². The van der Waals surface area contributed by atoms with E-state index in [-0.39, 0.29) is 46.7 Å². The van der Waals surface area contributed by atoms with E-state index in [1.807, 2.05) is 32.0 Å². The Morgan fingerprint density at radius 1 is 1.07 bits per heavy atom. The van der Waals surface area contributed by atoms with Crippen molar-refractivity contribution in [3.63, 3.8) is 0 Å². The first-order valence-electron chi connectivity index (χ1n) is 10.1. The molecule has 1 N–H and O–H groups in total. The number of ether oxygens (including phenoxy) is 1. The van der Waals surface area contributed by atoms with Crippen molar-refractivity contribution in [3.8, 4) is 0 Å². The highest BCUT2D eigenvalue weighted by atomic mass is 35.5. The summed E-state index contributed by atoms with van der Waals surface area (Å²) in [5, 5.41) is 2.96. The van der Waals surface area contributed by atoms with Crippen LogP contribution >= 0.6 is 11.6 Å². The first kappa shape index (κ1) is 21.3. The van der Waals surface area contributed by atoms with E-state index in [9.17, 15) is 13.2 Å². The first-order chi connectivity index (χ1) is 14.2. The van der Waals surface area contributed by atoms with Gasteiger partial charge in [-0.05, 0) is 74.6 Å². The zero-order chi connectivity index (χ0) is 21.5. The molecule has 160 valence electrons. The number of amides is 1. The molecule has 4 rings (SSSR count). The lowest BCUT2D eigenvalue weighted by molar-refractivity contribution is -0.0440. The summed E-state index contributed by atoms with van der Waals surface area (Å²) in [5.41, 5.74) is 3.52. The van der Waals surface area contributed by atoms with Crippen LogP contribution in [0.15, 0.2) is 41.3 Å². The molecule has 0 bridgehead atoms. The highest BCUT2D eigenvalue weighted by Gasteiger charge is 2.34. The molecule has 0 radical (unpaired) electrons. The summed E-state index contributed by atoms with van der Waals surface area (Å²) in [4.78, 5) is 12.7. The van der Waals surface area contributed by atoms with Gasteiger partial charge in [0, 0.05) is 24.3 Å². The molecule has 1 fully saturated rings. The Labute approximate surface area is 182 Å². The van der Waals surface area contributed by atoms with Crippen LogP contribution in [0, 0.1) is 0 Å². The molecule has 1 aliphatic carbocycles. The maximum Gasteiger partial charge on any atom is 0.255 e. The number of benzene rings is 2. The number of aryl methyl sites for hydroxylation is 2. The summed E-state index contributed by atoms with van der Waals surface area (Å²) < 4.78 is 33.4. The van der Waals surface area contributed by atoms with Crippen molar-refractivity contribution < 1.29 is 17.9 Å². The molecule has 0 spiro atoms. The fourth-order valence-corrected chi connectivity index (χ4v) is 6.25. The molecule has 0 aromatic heterocycles. The zero-order valence-electron chi connectivity index (χ0n) is 17.0. The van der Waals surface area contributed by atoms with Crippen LogP contribution in [0.2, 0.25) is 5.02 Å². The molecule has 6 nitrogen and oxygen atoms in total. The predicted octanol–water partition coefficient (Wildman–Crippen LogP) is 3.88. The minimum atomic E-state index is -3.85. The van der Waals surface area contributed by atoms with Crippen molar-refractivity contribution in [2.45, 2.75) is 50.2 Å². The van der Waals surface area contributed by atoms with E-state index in [4.69, 9.17) is 16.3 Å². The highest BCUT2D eigenvalue weighted by Crippen LogP contribution is 2.29. The van der Waals surface area contributed by atoms with Gasteiger partial charge in [-0.25, -0.2) is 8.42 Å². The van der Waals surface area contributed by atoms with Crippen LogP contribution in [0.5, 0.6) is 0 Å². The Bertz CT molecular complexity index is 1080. The predicted molar refractivity (Wildman–Crippen MR) is 117 cm³/mol. The molecule has 0 saturated carbocycles. The van der Waals surface area contributed by atoms with Crippen molar-refractivity contribution >= 4 is 33.2 Å². The van der Waals surface area contributed by atoms with Gasteiger partial charge in [0.15, 0.2) is 0 Å². The van der Waals surface area contributed by atoms with Gasteiger partial charge in [-0.2, -0.15) is 4.31 Å². The fourth-order valence-electron chi connectivity index (χ4n) is 4.16. The molecule has 0 unspecified atom stereocenters. The Kier molecular flexibility index (Phi) is 5.90. The standard InChI is InChI=1S/C22H25ClN2O4S/c1-14-12-25(13-15(2)29-14)30(27,28)21-11-18(7-9-20(21)23)22(26)24-19-8-6-16-4-3-5-17(16)10-19/h6-11,14-15H,3-5,12-13H2,1-2H3,(H,24,26)/t14-,15-/m0/s1. The van der Waals surface area contributed by atoms with Crippen molar-refractivity contribution in [1.82, 2.24) is 4.31 Å². The third kappa shape index (κ3) is 4.25. The van der Waals surface area contributed by atoms with Crippen LogP contribution in [-0.2, 0) is 27.6 Å². The summed E-state index contributed by atoms with van der Waals surface area (Å²) >= 11 is 6.23. The number of hydrogen-bond donors (Lipinski definition) is 1. The van der Waals surface area contributed by atoms with Gasteiger partial charge in [-0.3, -0.25) is 4.79 Å². The number of nitrogens with zero attached hydrogens (tertiary/aromatic N) is 1.